The number of hydrogen-bond acceptors (Lipinski definition) is 1. The number of rotatable bonds is 4. The lowest BCUT2D eigenvalue weighted by Crippen LogP contribution is -2.04. The minimum Gasteiger partial charge on any atom is -0.462 e. The van der Waals surface area contributed by atoms with Gasteiger partial charge in [0.2, 0.25) is 0 Å². The van der Waals surface area contributed by atoms with Gasteiger partial charge in [-0.1, -0.05) is 26.0 Å². The second-order valence-corrected chi connectivity index (χ2v) is 2.11. The molecule has 0 atom stereocenters. The molecule has 0 aliphatic heterocycles. The fourth-order valence-corrected chi connectivity index (χ4v) is 0.579. The average Bonchev–Trinajstić information content (AvgIpc) is 2.05. The van der Waals surface area contributed by atoms with Gasteiger partial charge in [-0.15, -0.1) is 0 Å². The Bertz CT molecular complexity index is 150. The summed E-state index contributed by atoms with van der Waals surface area (Å²) in [6.07, 6.45) is 8.94. The number of carbonyl (C=O) groups excluding carboxylic acids is 1. The summed E-state index contributed by atoms with van der Waals surface area (Å²) in [7, 11) is 0. The first-order valence-electron chi connectivity index (χ1n) is 3.85. The zero-order valence-electron chi connectivity index (χ0n) is 7.04. The molecule has 0 aromatic heterocycles. The van der Waals surface area contributed by atoms with Crippen LogP contribution < -0.4 is 5.26 Å². The molecule has 0 aromatic rings. The quantitative estimate of drug-likeness (QED) is 0.260. The molecule has 0 heterocycles. The highest BCUT2D eigenvalue weighted by atomic mass is 17.1. The van der Waals surface area contributed by atoms with Crippen molar-refractivity contribution in [1.82, 2.24) is 0 Å². The zero-order chi connectivity index (χ0) is 8.53. The highest BCUT2D eigenvalue weighted by Gasteiger charge is 1.96. The van der Waals surface area contributed by atoms with Crippen LogP contribution in [0, 0.1) is 0 Å². The van der Waals surface area contributed by atoms with Crippen LogP contribution in [0.1, 0.15) is 26.7 Å². The van der Waals surface area contributed by atoms with Gasteiger partial charge in [0.15, 0.2) is 0 Å². The van der Waals surface area contributed by atoms with Crippen molar-refractivity contribution in [3.05, 3.63) is 24.3 Å². The molecule has 2 heteroatoms. The minimum atomic E-state index is 0.369. The van der Waals surface area contributed by atoms with Crippen molar-refractivity contribution in [2.75, 3.05) is 0 Å². The summed E-state index contributed by atoms with van der Waals surface area (Å²) >= 11 is 0. The Morgan fingerprint density at radius 2 is 1.64 bits per heavy atom. The topological polar surface area (TPSA) is 34.4 Å². The number of allylic oxidation sites excluding steroid dienone is 4. The lowest BCUT2D eigenvalue weighted by atomic mass is 10.3. The summed E-state index contributed by atoms with van der Waals surface area (Å²) < 4.78 is 3.85. The highest BCUT2D eigenvalue weighted by Crippen LogP contribution is 1.86. The Labute approximate surface area is 67.5 Å². The van der Waals surface area contributed by atoms with Crippen LogP contribution in [0.4, 0.5) is 0 Å². The predicted molar refractivity (Wildman–Crippen MR) is 43.9 cm³/mol. The number of hydrogen-bond donors (Lipinski definition) is 0. The molecule has 0 saturated heterocycles. The average molecular weight is 154 g/mol. The van der Waals surface area contributed by atoms with Gasteiger partial charge in [-0.3, -0.25) is 0 Å². The standard InChI is InChI=1S/C9H14O2/c1-3-5-7-9(11-10)8-6-4-2/h5-8H,3-4H2,1-2H3/b7-5-,8-6-. The molecule has 2 nitrogen and oxygen atoms in total. The molecule has 0 fully saturated rings. The van der Waals surface area contributed by atoms with Crippen LogP contribution in [-0.2, 0) is 4.58 Å². The van der Waals surface area contributed by atoms with Crippen molar-refractivity contribution in [2.45, 2.75) is 26.7 Å². The maximum Gasteiger partial charge on any atom is 0.375 e. The molecule has 62 valence electrons. The van der Waals surface area contributed by atoms with Gasteiger partial charge in [0, 0.05) is 12.2 Å². The van der Waals surface area contributed by atoms with Crippen LogP contribution in [0.2, 0.25) is 0 Å². The number of ketones is 1. The maximum atomic E-state index is 10.0. The third-order valence-corrected chi connectivity index (χ3v) is 1.13. The summed E-state index contributed by atoms with van der Waals surface area (Å²) in [6, 6.07) is 0. The normalized spacial score (nSPS) is 11.1. The van der Waals surface area contributed by atoms with E-state index in [2.05, 4.69) is 4.58 Å². The molecule has 0 aliphatic carbocycles. The summed E-state index contributed by atoms with van der Waals surface area (Å²) in [5.74, 6) is 0.369. The largest absolute Gasteiger partial charge is 0.462 e. The SMILES string of the molecule is CC/C=C\C(/C=C\CC)=[O+][O-]. The van der Waals surface area contributed by atoms with Gasteiger partial charge in [0.05, 0.1) is 0 Å². The molecular weight excluding hydrogens is 140 g/mol. The molecule has 0 amide bonds. The van der Waals surface area contributed by atoms with E-state index in [1.54, 1.807) is 12.2 Å². The molecular formula is C9H14O2. The third kappa shape index (κ3) is 5.40. The summed E-state index contributed by atoms with van der Waals surface area (Å²) in [5, 5.41) is 10.0. The van der Waals surface area contributed by atoms with Crippen LogP contribution in [0.5, 0.6) is 0 Å². The van der Waals surface area contributed by atoms with E-state index in [1.165, 1.54) is 0 Å². The van der Waals surface area contributed by atoms with E-state index in [0.29, 0.717) is 5.78 Å². The smallest absolute Gasteiger partial charge is 0.375 e. The van der Waals surface area contributed by atoms with E-state index in [0.717, 1.165) is 12.8 Å². The molecule has 0 aromatic carbocycles. The molecule has 0 saturated carbocycles. The molecule has 0 rings (SSSR count). The van der Waals surface area contributed by atoms with Crippen molar-refractivity contribution in [3.63, 3.8) is 0 Å². The Balaban J connectivity index is 3.98. The lowest BCUT2D eigenvalue weighted by molar-refractivity contribution is -1.05. The first kappa shape index (κ1) is 9.95. The molecule has 0 unspecified atom stereocenters. The molecule has 0 aliphatic rings. The third-order valence-electron chi connectivity index (χ3n) is 1.13. The molecule has 0 spiro atoms. The van der Waals surface area contributed by atoms with Crippen LogP contribution in [0.15, 0.2) is 24.3 Å². The second-order valence-electron chi connectivity index (χ2n) is 2.11. The minimum absolute atomic E-state index is 0.369. The zero-order valence-corrected chi connectivity index (χ0v) is 7.04. The first-order chi connectivity index (χ1) is 5.35. The van der Waals surface area contributed by atoms with E-state index in [-0.39, 0.29) is 0 Å². The summed E-state index contributed by atoms with van der Waals surface area (Å²) in [4.78, 5) is 0. The van der Waals surface area contributed by atoms with Crippen molar-refractivity contribution in [2.24, 2.45) is 0 Å². The highest BCUT2D eigenvalue weighted by molar-refractivity contribution is 5.99. The van der Waals surface area contributed by atoms with Gasteiger partial charge in [-0.25, -0.2) is 0 Å². The predicted octanol–water partition coefficient (Wildman–Crippen LogP) is 1.30. The van der Waals surface area contributed by atoms with Gasteiger partial charge < -0.3 is 5.26 Å². The first-order valence-corrected chi connectivity index (χ1v) is 3.85. The second kappa shape index (κ2) is 7.06. The van der Waals surface area contributed by atoms with Crippen LogP contribution in [0.3, 0.4) is 0 Å². The summed E-state index contributed by atoms with van der Waals surface area (Å²) in [5.41, 5.74) is 0. The molecule has 0 N–H and O–H groups in total. The lowest BCUT2D eigenvalue weighted by Gasteiger charge is -1.79. The summed E-state index contributed by atoms with van der Waals surface area (Å²) in [6.45, 7) is 4.00. The Kier molecular flexibility index (Phi) is 6.39. The van der Waals surface area contributed by atoms with E-state index in [4.69, 9.17) is 0 Å². The molecule has 0 bridgehead atoms. The van der Waals surface area contributed by atoms with Gasteiger partial charge in [-0.2, -0.15) is 4.58 Å². The maximum absolute atomic E-state index is 10.0. The Morgan fingerprint density at radius 3 is 1.91 bits per heavy atom. The van der Waals surface area contributed by atoms with Gasteiger partial charge in [-0.05, 0) is 12.8 Å². The van der Waals surface area contributed by atoms with E-state index >= 15 is 0 Å². The van der Waals surface area contributed by atoms with E-state index in [1.807, 2.05) is 26.0 Å². The van der Waals surface area contributed by atoms with Gasteiger partial charge >= 0.3 is 5.78 Å². The van der Waals surface area contributed by atoms with Crippen LogP contribution in [0.25, 0.3) is 0 Å². The fourth-order valence-electron chi connectivity index (χ4n) is 0.579. The monoisotopic (exact) mass is 154 g/mol. The van der Waals surface area contributed by atoms with E-state index in [9.17, 15) is 5.26 Å². The van der Waals surface area contributed by atoms with Crippen LogP contribution in [-0.4, -0.2) is 5.78 Å². The van der Waals surface area contributed by atoms with E-state index < -0.39 is 0 Å². The van der Waals surface area contributed by atoms with Crippen molar-refractivity contribution < 1.29 is 9.83 Å². The van der Waals surface area contributed by atoms with Crippen molar-refractivity contribution in [3.8, 4) is 0 Å². The van der Waals surface area contributed by atoms with Crippen molar-refractivity contribution >= 4 is 5.78 Å². The van der Waals surface area contributed by atoms with Crippen molar-refractivity contribution in [1.29, 1.82) is 0 Å². The van der Waals surface area contributed by atoms with Crippen LogP contribution >= 0.6 is 0 Å². The fraction of sp³-hybridized carbons (Fsp3) is 0.444. The molecule has 0 radical (unpaired) electrons. The van der Waals surface area contributed by atoms with Gasteiger partial charge in [0.1, 0.15) is 0 Å². The van der Waals surface area contributed by atoms with Gasteiger partial charge in [0.25, 0.3) is 0 Å². The molecule has 11 heavy (non-hydrogen) atoms. The Hall–Kier alpha value is -1.05. The Morgan fingerprint density at radius 1 is 1.18 bits per heavy atom.